The van der Waals surface area contributed by atoms with Gasteiger partial charge in [0.05, 0.1) is 9.83 Å². The van der Waals surface area contributed by atoms with Crippen molar-refractivity contribution >= 4 is 61.9 Å². The number of nitro groups is 1. The monoisotopic (exact) mass is 360 g/mol. The van der Waals surface area contributed by atoms with E-state index in [1.165, 1.54) is 18.2 Å². The fourth-order valence-electron chi connectivity index (χ4n) is 1.42. The van der Waals surface area contributed by atoms with Gasteiger partial charge in [-0.25, -0.2) is 0 Å². The van der Waals surface area contributed by atoms with Crippen molar-refractivity contribution in [1.29, 1.82) is 0 Å². The first-order valence-electron chi connectivity index (χ1n) is 4.80. The maximum Gasteiger partial charge on any atom is 0.312 e. The summed E-state index contributed by atoms with van der Waals surface area (Å²) in [5.74, 6) is -0.885. The van der Waals surface area contributed by atoms with Crippen LogP contribution in [0.4, 0.5) is 5.69 Å². The van der Waals surface area contributed by atoms with Crippen LogP contribution < -0.4 is 5.32 Å². The molecular formula is C10H5BrN2O4S2. The van der Waals surface area contributed by atoms with Crippen LogP contribution in [-0.4, -0.2) is 20.3 Å². The Morgan fingerprint density at radius 3 is 2.74 bits per heavy atom. The van der Waals surface area contributed by atoms with Gasteiger partial charge in [0.15, 0.2) is 0 Å². The lowest BCUT2D eigenvalue weighted by atomic mass is 10.1. The van der Waals surface area contributed by atoms with E-state index in [-0.39, 0.29) is 10.5 Å². The maximum absolute atomic E-state index is 11.5. The fraction of sp³-hybridized carbons (Fsp3) is 0. The predicted molar refractivity (Wildman–Crippen MR) is 78.8 cm³/mol. The maximum atomic E-state index is 11.5. The first-order chi connectivity index (χ1) is 8.88. The quantitative estimate of drug-likeness (QED) is 0.364. The summed E-state index contributed by atoms with van der Waals surface area (Å²) < 4.78 is 0.732. The van der Waals surface area contributed by atoms with Crippen molar-refractivity contribution in [1.82, 2.24) is 5.32 Å². The van der Waals surface area contributed by atoms with Gasteiger partial charge in [0, 0.05) is 16.1 Å². The average Bonchev–Trinajstić information content (AvgIpc) is 2.61. The molecule has 0 bridgehead atoms. The van der Waals surface area contributed by atoms with Crippen LogP contribution in [0.25, 0.3) is 6.08 Å². The summed E-state index contributed by atoms with van der Waals surface area (Å²) in [5, 5.41) is 23.0. The van der Waals surface area contributed by atoms with Gasteiger partial charge in [0.1, 0.15) is 4.32 Å². The Morgan fingerprint density at radius 1 is 1.53 bits per heavy atom. The van der Waals surface area contributed by atoms with Crippen LogP contribution >= 0.6 is 39.9 Å². The lowest BCUT2D eigenvalue weighted by Gasteiger charge is -2.02. The van der Waals surface area contributed by atoms with Crippen molar-refractivity contribution in [2.24, 2.45) is 0 Å². The van der Waals surface area contributed by atoms with Gasteiger partial charge in [-0.1, -0.05) is 39.9 Å². The standard InChI is InChI=1S/C10H5BrN2O4S2/c11-5-1-4(8(14)6(3-5)13(16)17)2-7-9(15)12-10(18)19-7/h1-3,14H,(H,12,15,18)/b7-2+. The number of halogens is 1. The molecule has 1 aliphatic rings. The molecule has 0 atom stereocenters. The molecule has 1 aliphatic heterocycles. The van der Waals surface area contributed by atoms with Crippen molar-refractivity contribution in [3.8, 4) is 5.75 Å². The molecule has 1 amide bonds. The highest BCUT2D eigenvalue weighted by molar-refractivity contribution is 9.10. The number of benzene rings is 1. The van der Waals surface area contributed by atoms with Crippen molar-refractivity contribution in [2.45, 2.75) is 0 Å². The Bertz CT molecular complexity index is 645. The number of nitrogens with zero attached hydrogens (tertiary/aromatic N) is 1. The summed E-state index contributed by atoms with van der Waals surface area (Å²) in [6, 6.07) is 2.66. The van der Waals surface area contributed by atoms with E-state index in [4.69, 9.17) is 12.2 Å². The molecule has 1 fully saturated rings. The van der Waals surface area contributed by atoms with Gasteiger partial charge in [-0.2, -0.15) is 0 Å². The number of nitrogens with one attached hydrogen (secondary N) is 1. The molecule has 1 heterocycles. The molecule has 0 unspecified atom stereocenters. The third-order valence-corrected chi connectivity index (χ3v) is 3.83. The third-order valence-electron chi connectivity index (χ3n) is 2.21. The molecule has 0 aromatic heterocycles. The molecule has 2 rings (SSSR count). The second-order valence-electron chi connectivity index (χ2n) is 3.47. The normalized spacial score (nSPS) is 16.8. The zero-order valence-electron chi connectivity index (χ0n) is 9.05. The minimum absolute atomic E-state index is 0.170. The van der Waals surface area contributed by atoms with E-state index < -0.39 is 22.3 Å². The Hall–Kier alpha value is -1.45. The third kappa shape index (κ3) is 2.94. The molecule has 98 valence electrons. The molecule has 0 radical (unpaired) electrons. The van der Waals surface area contributed by atoms with Gasteiger partial charge in [-0.15, -0.1) is 0 Å². The summed E-state index contributed by atoms with van der Waals surface area (Å²) in [6.07, 6.45) is 1.35. The Morgan fingerprint density at radius 2 is 2.21 bits per heavy atom. The van der Waals surface area contributed by atoms with E-state index in [1.54, 1.807) is 0 Å². The number of aromatic hydroxyl groups is 1. The number of rotatable bonds is 2. The van der Waals surface area contributed by atoms with E-state index in [0.717, 1.165) is 11.8 Å². The van der Waals surface area contributed by atoms with Crippen LogP contribution in [0.15, 0.2) is 21.5 Å². The first kappa shape index (κ1) is 14.0. The number of phenols is 1. The minimum atomic E-state index is -0.700. The lowest BCUT2D eigenvalue weighted by molar-refractivity contribution is -0.385. The SMILES string of the molecule is O=C1NC(=S)S/C1=C/c1cc(Br)cc([N+](=O)[O-])c1O. The average molecular weight is 361 g/mol. The number of amides is 1. The van der Waals surface area contributed by atoms with Crippen molar-refractivity contribution < 1.29 is 14.8 Å². The van der Waals surface area contributed by atoms with E-state index >= 15 is 0 Å². The molecule has 6 nitrogen and oxygen atoms in total. The van der Waals surface area contributed by atoms with Gasteiger partial charge in [0.25, 0.3) is 5.91 Å². The van der Waals surface area contributed by atoms with Crippen LogP contribution in [0, 0.1) is 10.1 Å². The van der Waals surface area contributed by atoms with Crippen molar-refractivity contribution in [2.75, 3.05) is 0 Å². The van der Waals surface area contributed by atoms with Gasteiger partial charge in [0.2, 0.25) is 5.75 Å². The van der Waals surface area contributed by atoms with Crippen molar-refractivity contribution in [3.63, 3.8) is 0 Å². The Balaban J connectivity index is 2.52. The van der Waals surface area contributed by atoms with Crippen LogP contribution in [0.3, 0.4) is 0 Å². The highest BCUT2D eigenvalue weighted by Gasteiger charge is 2.24. The largest absolute Gasteiger partial charge is 0.502 e. The van der Waals surface area contributed by atoms with Gasteiger partial charge >= 0.3 is 5.69 Å². The minimum Gasteiger partial charge on any atom is -0.502 e. The van der Waals surface area contributed by atoms with Crippen LogP contribution in [0.5, 0.6) is 5.75 Å². The molecule has 1 aromatic carbocycles. The predicted octanol–water partition coefficient (Wildman–Crippen LogP) is 2.55. The molecule has 19 heavy (non-hydrogen) atoms. The second-order valence-corrected chi connectivity index (χ2v) is 6.11. The number of thioether (sulfide) groups is 1. The topological polar surface area (TPSA) is 92.5 Å². The number of thiocarbonyl (C=S) groups is 1. The summed E-state index contributed by atoms with van der Waals surface area (Å²) in [5.41, 5.74) is -0.268. The Kier molecular flexibility index (Phi) is 3.88. The number of nitro benzene ring substituents is 1. The number of hydrogen-bond donors (Lipinski definition) is 2. The fourth-order valence-corrected chi connectivity index (χ4v) is 2.92. The zero-order valence-corrected chi connectivity index (χ0v) is 12.3. The molecule has 0 saturated carbocycles. The number of hydrogen-bond acceptors (Lipinski definition) is 6. The van der Waals surface area contributed by atoms with E-state index in [1.807, 2.05) is 0 Å². The molecule has 1 saturated heterocycles. The van der Waals surface area contributed by atoms with Crippen LogP contribution in [0.2, 0.25) is 0 Å². The second kappa shape index (κ2) is 5.27. The lowest BCUT2D eigenvalue weighted by Crippen LogP contribution is -2.17. The summed E-state index contributed by atoms with van der Waals surface area (Å²) in [6.45, 7) is 0. The highest BCUT2D eigenvalue weighted by atomic mass is 79.9. The zero-order chi connectivity index (χ0) is 14.2. The van der Waals surface area contributed by atoms with E-state index in [2.05, 4.69) is 21.2 Å². The molecular weight excluding hydrogens is 356 g/mol. The number of carbonyl (C=O) groups is 1. The highest BCUT2D eigenvalue weighted by Crippen LogP contribution is 2.36. The molecule has 9 heteroatoms. The number of carbonyl (C=O) groups excluding carboxylic acids is 1. The summed E-state index contributed by atoms with van der Waals surface area (Å²) >= 11 is 8.97. The molecule has 0 aliphatic carbocycles. The summed E-state index contributed by atoms with van der Waals surface area (Å²) in [7, 11) is 0. The van der Waals surface area contributed by atoms with Gasteiger partial charge in [-0.3, -0.25) is 14.9 Å². The molecule has 1 aromatic rings. The summed E-state index contributed by atoms with van der Waals surface area (Å²) in [4.78, 5) is 21.8. The molecule has 0 spiro atoms. The van der Waals surface area contributed by atoms with Crippen LogP contribution in [0.1, 0.15) is 5.56 Å². The Labute approximate surface area is 125 Å². The molecule has 2 N–H and O–H groups in total. The first-order valence-corrected chi connectivity index (χ1v) is 6.82. The van der Waals surface area contributed by atoms with Crippen LogP contribution in [-0.2, 0) is 4.79 Å². The number of phenolic OH excluding ortho intramolecular Hbond substituents is 1. The smallest absolute Gasteiger partial charge is 0.312 e. The van der Waals surface area contributed by atoms with E-state index in [9.17, 15) is 20.0 Å². The van der Waals surface area contributed by atoms with Gasteiger partial charge < -0.3 is 10.4 Å². The van der Waals surface area contributed by atoms with Crippen molar-refractivity contribution in [3.05, 3.63) is 37.2 Å². The van der Waals surface area contributed by atoms with E-state index in [0.29, 0.717) is 8.79 Å². The van der Waals surface area contributed by atoms with Gasteiger partial charge in [-0.05, 0) is 12.1 Å².